The number of benzene rings is 1. The van der Waals surface area contributed by atoms with Crippen LogP contribution in [0.2, 0.25) is 0 Å². The number of hydrogen-bond donors (Lipinski definition) is 2. The molecule has 1 aromatic carbocycles. The second kappa shape index (κ2) is 5.12. The minimum Gasteiger partial charge on any atom is -0.478 e. The lowest BCUT2D eigenvalue weighted by Crippen LogP contribution is -2.30. The Morgan fingerprint density at radius 3 is 2.69 bits per heavy atom. The Bertz CT molecular complexity index is 353. The van der Waals surface area contributed by atoms with Crippen molar-refractivity contribution in [2.75, 3.05) is 13.1 Å². The molecule has 0 aromatic heterocycles. The first-order valence-corrected chi connectivity index (χ1v) is 5.78. The number of aromatic carboxylic acids is 1. The maximum atomic E-state index is 10.7. The van der Waals surface area contributed by atoms with Crippen LogP contribution in [0.25, 0.3) is 0 Å². The van der Waals surface area contributed by atoms with Crippen LogP contribution in [-0.4, -0.2) is 24.2 Å². The summed E-state index contributed by atoms with van der Waals surface area (Å²) in [6.07, 6.45) is 3.57. The Labute approximate surface area is 95.5 Å². The van der Waals surface area contributed by atoms with E-state index in [1.165, 1.54) is 18.4 Å². The van der Waals surface area contributed by atoms with E-state index in [1.54, 1.807) is 12.1 Å². The smallest absolute Gasteiger partial charge is 0.335 e. The van der Waals surface area contributed by atoms with E-state index in [2.05, 4.69) is 5.32 Å². The van der Waals surface area contributed by atoms with Crippen LogP contribution in [-0.2, 0) is 6.42 Å². The summed E-state index contributed by atoms with van der Waals surface area (Å²) in [5.41, 5.74) is 1.60. The highest BCUT2D eigenvalue weighted by atomic mass is 16.4. The quantitative estimate of drug-likeness (QED) is 0.816. The monoisotopic (exact) mass is 219 g/mol. The fraction of sp³-hybridized carbons (Fsp3) is 0.462. The summed E-state index contributed by atoms with van der Waals surface area (Å²) in [6, 6.07) is 7.23. The number of rotatable bonds is 3. The Hall–Kier alpha value is -1.35. The molecule has 0 radical (unpaired) electrons. The second-order valence-electron chi connectivity index (χ2n) is 4.42. The number of carboxylic acids is 1. The van der Waals surface area contributed by atoms with Crippen molar-refractivity contribution in [1.82, 2.24) is 5.32 Å². The zero-order chi connectivity index (χ0) is 11.4. The summed E-state index contributed by atoms with van der Waals surface area (Å²) in [4.78, 5) is 10.7. The first kappa shape index (κ1) is 11.1. The van der Waals surface area contributed by atoms with Crippen molar-refractivity contribution in [3.63, 3.8) is 0 Å². The van der Waals surface area contributed by atoms with Gasteiger partial charge in [0.1, 0.15) is 0 Å². The van der Waals surface area contributed by atoms with E-state index in [-0.39, 0.29) is 0 Å². The molecular formula is C13H17NO2. The van der Waals surface area contributed by atoms with Crippen molar-refractivity contribution in [2.24, 2.45) is 5.92 Å². The van der Waals surface area contributed by atoms with Gasteiger partial charge in [0, 0.05) is 0 Å². The molecule has 1 aliphatic heterocycles. The molecule has 1 atom stereocenters. The van der Waals surface area contributed by atoms with E-state index in [4.69, 9.17) is 5.11 Å². The van der Waals surface area contributed by atoms with Crippen LogP contribution in [0.15, 0.2) is 24.3 Å². The third-order valence-electron chi connectivity index (χ3n) is 3.12. The molecule has 1 saturated heterocycles. The van der Waals surface area contributed by atoms with Crippen LogP contribution in [0, 0.1) is 5.92 Å². The molecule has 2 N–H and O–H groups in total. The molecule has 1 heterocycles. The number of carbonyl (C=O) groups is 1. The second-order valence-corrected chi connectivity index (χ2v) is 4.42. The van der Waals surface area contributed by atoms with Gasteiger partial charge in [-0.3, -0.25) is 0 Å². The maximum Gasteiger partial charge on any atom is 0.335 e. The zero-order valence-electron chi connectivity index (χ0n) is 9.28. The van der Waals surface area contributed by atoms with Gasteiger partial charge in [0.2, 0.25) is 0 Å². The van der Waals surface area contributed by atoms with Gasteiger partial charge in [-0.15, -0.1) is 0 Å². The Kier molecular flexibility index (Phi) is 3.57. The summed E-state index contributed by atoms with van der Waals surface area (Å²) >= 11 is 0. The third-order valence-corrected chi connectivity index (χ3v) is 3.12. The molecule has 0 amide bonds. The lowest BCUT2D eigenvalue weighted by Gasteiger charge is -2.22. The Morgan fingerprint density at radius 2 is 2.12 bits per heavy atom. The number of carboxylic acid groups (broad SMARTS) is 1. The van der Waals surface area contributed by atoms with Gasteiger partial charge in [0.25, 0.3) is 0 Å². The van der Waals surface area contributed by atoms with E-state index >= 15 is 0 Å². The lowest BCUT2D eigenvalue weighted by atomic mass is 9.92. The van der Waals surface area contributed by atoms with Gasteiger partial charge in [-0.25, -0.2) is 4.79 Å². The molecule has 0 aliphatic carbocycles. The molecule has 86 valence electrons. The number of piperidine rings is 1. The first-order valence-electron chi connectivity index (χ1n) is 5.78. The molecule has 16 heavy (non-hydrogen) atoms. The van der Waals surface area contributed by atoms with Crippen LogP contribution >= 0.6 is 0 Å². The molecule has 1 unspecified atom stereocenters. The van der Waals surface area contributed by atoms with Crippen LogP contribution < -0.4 is 5.32 Å². The topological polar surface area (TPSA) is 49.3 Å². The van der Waals surface area contributed by atoms with Crippen molar-refractivity contribution in [3.05, 3.63) is 35.4 Å². The van der Waals surface area contributed by atoms with E-state index in [9.17, 15) is 4.79 Å². The van der Waals surface area contributed by atoms with Gasteiger partial charge < -0.3 is 10.4 Å². The van der Waals surface area contributed by atoms with Gasteiger partial charge in [-0.1, -0.05) is 12.1 Å². The minimum atomic E-state index is -0.856. The predicted octanol–water partition coefficient (Wildman–Crippen LogP) is 1.93. The summed E-state index contributed by atoms with van der Waals surface area (Å²) < 4.78 is 0. The number of nitrogens with one attached hydrogen (secondary N) is 1. The molecule has 0 saturated carbocycles. The molecule has 0 spiro atoms. The summed E-state index contributed by atoms with van der Waals surface area (Å²) in [6.45, 7) is 2.22. The van der Waals surface area contributed by atoms with Gasteiger partial charge in [-0.05, 0) is 56.0 Å². The molecule has 2 rings (SSSR count). The Morgan fingerprint density at radius 1 is 1.38 bits per heavy atom. The van der Waals surface area contributed by atoms with Crippen LogP contribution in [0.3, 0.4) is 0 Å². The molecule has 3 nitrogen and oxygen atoms in total. The summed E-state index contributed by atoms with van der Waals surface area (Å²) in [7, 11) is 0. The molecule has 1 aliphatic rings. The maximum absolute atomic E-state index is 10.7. The van der Waals surface area contributed by atoms with Gasteiger partial charge in [-0.2, -0.15) is 0 Å². The lowest BCUT2D eigenvalue weighted by molar-refractivity contribution is 0.0697. The van der Waals surface area contributed by atoms with Gasteiger partial charge in [0.15, 0.2) is 0 Å². The molecule has 3 heteroatoms. The van der Waals surface area contributed by atoms with Gasteiger partial charge >= 0.3 is 5.97 Å². The highest BCUT2D eigenvalue weighted by Gasteiger charge is 2.13. The van der Waals surface area contributed by atoms with Crippen molar-refractivity contribution in [3.8, 4) is 0 Å². The standard InChI is InChI=1S/C13H17NO2/c15-13(16)12-5-3-10(4-6-12)8-11-2-1-7-14-9-11/h3-6,11,14H,1-2,7-9H2,(H,15,16). The molecular weight excluding hydrogens is 202 g/mol. The van der Waals surface area contributed by atoms with E-state index < -0.39 is 5.97 Å². The fourth-order valence-electron chi connectivity index (χ4n) is 2.21. The van der Waals surface area contributed by atoms with E-state index in [0.717, 1.165) is 19.5 Å². The largest absolute Gasteiger partial charge is 0.478 e. The highest BCUT2D eigenvalue weighted by Crippen LogP contribution is 2.16. The van der Waals surface area contributed by atoms with Crippen LogP contribution in [0.1, 0.15) is 28.8 Å². The third kappa shape index (κ3) is 2.83. The highest BCUT2D eigenvalue weighted by molar-refractivity contribution is 5.87. The van der Waals surface area contributed by atoms with Crippen LogP contribution in [0.4, 0.5) is 0 Å². The zero-order valence-corrected chi connectivity index (χ0v) is 9.28. The summed E-state index contributed by atoms with van der Waals surface area (Å²) in [5.74, 6) is -0.157. The van der Waals surface area contributed by atoms with Crippen molar-refractivity contribution >= 4 is 5.97 Å². The SMILES string of the molecule is O=C(O)c1ccc(CC2CCCNC2)cc1. The normalized spacial score (nSPS) is 20.6. The molecule has 0 bridgehead atoms. The average Bonchev–Trinajstić information content (AvgIpc) is 2.31. The molecule has 1 aromatic rings. The molecule has 1 fully saturated rings. The summed E-state index contributed by atoms with van der Waals surface area (Å²) in [5, 5.41) is 12.2. The fourth-order valence-corrected chi connectivity index (χ4v) is 2.21. The first-order chi connectivity index (χ1) is 7.75. The van der Waals surface area contributed by atoms with Crippen molar-refractivity contribution in [1.29, 1.82) is 0 Å². The van der Waals surface area contributed by atoms with E-state index in [0.29, 0.717) is 11.5 Å². The average molecular weight is 219 g/mol. The van der Waals surface area contributed by atoms with E-state index in [1.807, 2.05) is 12.1 Å². The van der Waals surface area contributed by atoms with Crippen LogP contribution in [0.5, 0.6) is 0 Å². The Balaban J connectivity index is 1.96. The minimum absolute atomic E-state index is 0.366. The predicted molar refractivity (Wildman–Crippen MR) is 62.7 cm³/mol. The van der Waals surface area contributed by atoms with Gasteiger partial charge in [0.05, 0.1) is 5.56 Å². The van der Waals surface area contributed by atoms with Crippen molar-refractivity contribution < 1.29 is 9.90 Å². The van der Waals surface area contributed by atoms with Crippen molar-refractivity contribution in [2.45, 2.75) is 19.3 Å². The number of hydrogen-bond acceptors (Lipinski definition) is 2.